The molecular weight excluding hydrogens is 322 g/mol. The molecule has 0 fully saturated rings. The Kier molecular flexibility index (Phi) is 6.04. The summed E-state index contributed by atoms with van der Waals surface area (Å²) in [6.45, 7) is 4.80. The second-order valence-corrected chi connectivity index (χ2v) is 5.53. The van der Waals surface area contributed by atoms with Crippen molar-refractivity contribution in [2.45, 2.75) is 13.0 Å². The van der Waals surface area contributed by atoms with E-state index in [0.717, 1.165) is 27.7 Å². The van der Waals surface area contributed by atoms with E-state index in [9.17, 15) is 0 Å². The van der Waals surface area contributed by atoms with Crippen molar-refractivity contribution in [3.05, 3.63) is 34.5 Å². The lowest BCUT2D eigenvalue weighted by Crippen LogP contribution is -2.23. The molecule has 1 aromatic heterocycles. The van der Waals surface area contributed by atoms with Crippen LogP contribution in [0.4, 0.5) is 0 Å². The van der Waals surface area contributed by atoms with Gasteiger partial charge in [0, 0.05) is 23.5 Å². The number of fused-ring (bicyclic) bond motifs is 1. The first-order valence-electron chi connectivity index (χ1n) is 6.70. The van der Waals surface area contributed by atoms with Crippen LogP contribution in [0, 0.1) is 0 Å². The maximum absolute atomic E-state index is 5.84. The van der Waals surface area contributed by atoms with Crippen LogP contribution in [0.25, 0.3) is 11.0 Å². The SMILES string of the molecule is COCCOCCNC(C)c1cc2cc(Br)ccc2o1. The molecule has 20 heavy (non-hydrogen) atoms. The molecule has 2 aromatic rings. The summed E-state index contributed by atoms with van der Waals surface area (Å²) in [4.78, 5) is 0. The zero-order valence-electron chi connectivity index (χ0n) is 11.8. The predicted octanol–water partition coefficient (Wildman–Crippen LogP) is 3.51. The summed E-state index contributed by atoms with van der Waals surface area (Å²) in [5.41, 5.74) is 0.910. The molecule has 0 saturated heterocycles. The first-order chi connectivity index (χ1) is 9.70. The van der Waals surface area contributed by atoms with Gasteiger partial charge in [-0.25, -0.2) is 0 Å². The van der Waals surface area contributed by atoms with Gasteiger partial charge in [-0.15, -0.1) is 0 Å². The lowest BCUT2D eigenvalue weighted by atomic mass is 10.2. The molecule has 0 amide bonds. The third-order valence-corrected chi connectivity index (χ3v) is 3.55. The highest BCUT2D eigenvalue weighted by Gasteiger charge is 2.10. The molecule has 2 rings (SSSR count). The van der Waals surface area contributed by atoms with Gasteiger partial charge >= 0.3 is 0 Å². The highest BCUT2D eigenvalue weighted by Crippen LogP contribution is 2.26. The summed E-state index contributed by atoms with van der Waals surface area (Å²) >= 11 is 3.47. The third kappa shape index (κ3) is 4.31. The minimum Gasteiger partial charge on any atom is -0.459 e. The molecule has 0 aliphatic carbocycles. The summed E-state index contributed by atoms with van der Waals surface area (Å²) < 4.78 is 17.2. The summed E-state index contributed by atoms with van der Waals surface area (Å²) in [6.07, 6.45) is 0. The van der Waals surface area contributed by atoms with Crippen LogP contribution >= 0.6 is 15.9 Å². The topological polar surface area (TPSA) is 43.6 Å². The minimum absolute atomic E-state index is 0.159. The number of benzene rings is 1. The fraction of sp³-hybridized carbons (Fsp3) is 0.467. The Labute approximate surface area is 127 Å². The molecule has 0 aliphatic rings. The maximum atomic E-state index is 5.84. The number of nitrogens with one attached hydrogen (secondary N) is 1. The standard InChI is InChI=1S/C15H20BrNO3/c1-11(17-5-6-19-8-7-18-2)15-10-12-9-13(16)3-4-14(12)20-15/h3-4,9-11,17H,5-8H2,1-2H3. The molecule has 1 N–H and O–H groups in total. The Morgan fingerprint density at radius 1 is 1.25 bits per heavy atom. The molecule has 4 nitrogen and oxygen atoms in total. The van der Waals surface area contributed by atoms with Crippen molar-refractivity contribution in [1.82, 2.24) is 5.32 Å². The van der Waals surface area contributed by atoms with Crippen LogP contribution in [-0.4, -0.2) is 33.5 Å². The van der Waals surface area contributed by atoms with E-state index in [4.69, 9.17) is 13.9 Å². The zero-order valence-corrected chi connectivity index (χ0v) is 13.4. The predicted molar refractivity (Wildman–Crippen MR) is 83.0 cm³/mol. The van der Waals surface area contributed by atoms with E-state index in [1.54, 1.807) is 7.11 Å². The number of halogens is 1. The van der Waals surface area contributed by atoms with Crippen molar-refractivity contribution in [3.8, 4) is 0 Å². The van der Waals surface area contributed by atoms with Crippen molar-refractivity contribution in [2.75, 3.05) is 33.5 Å². The fourth-order valence-corrected chi connectivity index (χ4v) is 2.32. The van der Waals surface area contributed by atoms with E-state index in [-0.39, 0.29) is 6.04 Å². The summed E-state index contributed by atoms with van der Waals surface area (Å²) in [7, 11) is 1.67. The number of methoxy groups -OCH3 is 1. The number of hydrogen-bond acceptors (Lipinski definition) is 4. The van der Waals surface area contributed by atoms with Crippen molar-refractivity contribution >= 4 is 26.9 Å². The quantitative estimate of drug-likeness (QED) is 0.746. The monoisotopic (exact) mass is 341 g/mol. The van der Waals surface area contributed by atoms with Gasteiger partial charge < -0.3 is 19.2 Å². The lowest BCUT2D eigenvalue weighted by molar-refractivity contribution is 0.0710. The number of ether oxygens (including phenoxy) is 2. The molecule has 0 aliphatic heterocycles. The van der Waals surface area contributed by atoms with Gasteiger partial charge in [0.15, 0.2) is 0 Å². The van der Waals surface area contributed by atoms with E-state index in [0.29, 0.717) is 19.8 Å². The normalized spacial score (nSPS) is 12.9. The van der Waals surface area contributed by atoms with Gasteiger partial charge in [0.25, 0.3) is 0 Å². The molecule has 5 heteroatoms. The van der Waals surface area contributed by atoms with Gasteiger partial charge in [-0.3, -0.25) is 0 Å². The maximum Gasteiger partial charge on any atom is 0.134 e. The molecule has 0 bridgehead atoms. The Balaban J connectivity index is 1.83. The van der Waals surface area contributed by atoms with E-state index in [2.05, 4.69) is 40.3 Å². The van der Waals surface area contributed by atoms with Crippen LogP contribution in [0.15, 0.2) is 33.2 Å². The number of hydrogen-bond donors (Lipinski definition) is 1. The van der Waals surface area contributed by atoms with Crippen molar-refractivity contribution < 1.29 is 13.9 Å². The molecular formula is C15H20BrNO3. The second-order valence-electron chi connectivity index (χ2n) is 4.61. The average Bonchev–Trinajstić information content (AvgIpc) is 2.85. The van der Waals surface area contributed by atoms with Crippen LogP contribution in [0.5, 0.6) is 0 Å². The van der Waals surface area contributed by atoms with Crippen LogP contribution in [-0.2, 0) is 9.47 Å². The summed E-state index contributed by atoms with van der Waals surface area (Å²) in [5, 5.41) is 4.49. The first-order valence-corrected chi connectivity index (χ1v) is 7.49. The summed E-state index contributed by atoms with van der Waals surface area (Å²) in [5.74, 6) is 0.940. The van der Waals surface area contributed by atoms with Crippen LogP contribution in [0.1, 0.15) is 18.7 Å². The molecule has 110 valence electrons. The minimum atomic E-state index is 0.159. The Morgan fingerprint density at radius 3 is 2.90 bits per heavy atom. The number of furan rings is 1. The molecule has 0 spiro atoms. The molecule has 1 atom stereocenters. The molecule has 0 saturated carbocycles. The van der Waals surface area contributed by atoms with Gasteiger partial charge in [-0.1, -0.05) is 15.9 Å². The average molecular weight is 342 g/mol. The van der Waals surface area contributed by atoms with Gasteiger partial charge in [0.1, 0.15) is 11.3 Å². The van der Waals surface area contributed by atoms with Gasteiger partial charge in [0.05, 0.1) is 25.9 Å². The van der Waals surface area contributed by atoms with Crippen molar-refractivity contribution in [1.29, 1.82) is 0 Å². The van der Waals surface area contributed by atoms with Crippen molar-refractivity contribution in [3.63, 3.8) is 0 Å². The lowest BCUT2D eigenvalue weighted by Gasteiger charge is -2.11. The van der Waals surface area contributed by atoms with E-state index in [1.807, 2.05) is 12.1 Å². The molecule has 0 radical (unpaired) electrons. The molecule has 1 aromatic carbocycles. The van der Waals surface area contributed by atoms with Crippen molar-refractivity contribution in [2.24, 2.45) is 0 Å². The van der Waals surface area contributed by atoms with Gasteiger partial charge in [-0.2, -0.15) is 0 Å². The fourth-order valence-electron chi connectivity index (χ4n) is 1.94. The Morgan fingerprint density at radius 2 is 2.10 bits per heavy atom. The highest BCUT2D eigenvalue weighted by atomic mass is 79.9. The van der Waals surface area contributed by atoms with Crippen LogP contribution in [0.2, 0.25) is 0 Å². The second kappa shape index (κ2) is 7.78. The van der Waals surface area contributed by atoms with E-state index < -0.39 is 0 Å². The third-order valence-electron chi connectivity index (χ3n) is 3.05. The largest absolute Gasteiger partial charge is 0.459 e. The highest BCUT2D eigenvalue weighted by molar-refractivity contribution is 9.10. The van der Waals surface area contributed by atoms with Gasteiger partial charge in [0.2, 0.25) is 0 Å². The van der Waals surface area contributed by atoms with E-state index in [1.165, 1.54) is 0 Å². The smallest absolute Gasteiger partial charge is 0.134 e. The first kappa shape index (κ1) is 15.5. The van der Waals surface area contributed by atoms with Crippen LogP contribution < -0.4 is 5.32 Å². The molecule has 1 unspecified atom stereocenters. The summed E-state index contributed by atoms with van der Waals surface area (Å²) in [6, 6.07) is 8.25. The Hall–Kier alpha value is -0.880. The van der Waals surface area contributed by atoms with Gasteiger partial charge in [-0.05, 0) is 31.2 Å². The Bertz CT molecular complexity index is 541. The van der Waals surface area contributed by atoms with E-state index >= 15 is 0 Å². The zero-order chi connectivity index (χ0) is 14.4. The molecule has 1 heterocycles. The van der Waals surface area contributed by atoms with Crippen LogP contribution in [0.3, 0.4) is 0 Å². The number of rotatable bonds is 8.